The van der Waals surface area contributed by atoms with Gasteiger partial charge in [-0.05, 0) is 55.8 Å². The second-order valence-electron chi connectivity index (χ2n) is 6.93. The molecule has 1 fully saturated rings. The molecule has 0 aliphatic carbocycles. The Morgan fingerprint density at radius 3 is 2.64 bits per heavy atom. The SMILES string of the molecule is O=C(NCc1ccc(S(=O)(=O)C2CCNCC2)cc1)c1ccc2nccn2c1. The second-order valence-corrected chi connectivity index (χ2v) is 9.16. The molecule has 0 bridgehead atoms. The van der Waals surface area contributed by atoms with E-state index in [1.807, 2.05) is 0 Å². The number of piperidine rings is 1. The highest BCUT2D eigenvalue weighted by Crippen LogP contribution is 2.22. The first-order valence-electron chi connectivity index (χ1n) is 9.28. The number of imidazole rings is 1. The maximum atomic E-state index is 12.7. The minimum atomic E-state index is -3.30. The third kappa shape index (κ3) is 3.79. The van der Waals surface area contributed by atoms with Crippen LogP contribution in [-0.2, 0) is 16.4 Å². The summed E-state index contributed by atoms with van der Waals surface area (Å²) in [6.45, 7) is 1.80. The third-order valence-corrected chi connectivity index (χ3v) is 7.36. The number of sulfone groups is 1. The van der Waals surface area contributed by atoms with Crippen molar-refractivity contribution < 1.29 is 13.2 Å². The minimum Gasteiger partial charge on any atom is -0.348 e. The largest absolute Gasteiger partial charge is 0.348 e. The van der Waals surface area contributed by atoms with Gasteiger partial charge in [-0.1, -0.05) is 12.1 Å². The van der Waals surface area contributed by atoms with Gasteiger partial charge in [0, 0.05) is 25.1 Å². The zero-order valence-electron chi connectivity index (χ0n) is 15.3. The van der Waals surface area contributed by atoms with Crippen LogP contribution >= 0.6 is 0 Å². The summed E-state index contributed by atoms with van der Waals surface area (Å²) in [6, 6.07) is 10.3. The number of rotatable bonds is 5. The van der Waals surface area contributed by atoms with Gasteiger partial charge in [-0.25, -0.2) is 13.4 Å². The lowest BCUT2D eigenvalue weighted by molar-refractivity contribution is 0.0950. The van der Waals surface area contributed by atoms with Crippen LogP contribution in [-0.4, -0.2) is 42.0 Å². The summed E-state index contributed by atoms with van der Waals surface area (Å²) in [4.78, 5) is 16.9. The molecule has 0 saturated carbocycles. The van der Waals surface area contributed by atoms with Gasteiger partial charge in [0.25, 0.3) is 5.91 Å². The van der Waals surface area contributed by atoms with Crippen LogP contribution in [0.25, 0.3) is 5.65 Å². The molecule has 0 atom stereocenters. The molecule has 8 heteroatoms. The van der Waals surface area contributed by atoms with Gasteiger partial charge in [0.1, 0.15) is 5.65 Å². The average molecular weight is 398 g/mol. The second kappa shape index (κ2) is 7.73. The molecule has 0 radical (unpaired) electrons. The Kier molecular flexibility index (Phi) is 5.15. The molecule has 2 N–H and O–H groups in total. The van der Waals surface area contributed by atoms with Gasteiger partial charge in [0.15, 0.2) is 9.84 Å². The molecule has 146 valence electrons. The van der Waals surface area contributed by atoms with E-state index in [2.05, 4.69) is 15.6 Å². The van der Waals surface area contributed by atoms with E-state index >= 15 is 0 Å². The normalized spacial score (nSPS) is 15.6. The molecule has 7 nitrogen and oxygen atoms in total. The highest BCUT2D eigenvalue weighted by molar-refractivity contribution is 7.92. The van der Waals surface area contributed by atoms with Crippen LogP contribution in [0, 0.1) is 0 Å². The van der Waals surface area contributed by atoms with E-state index in [0.29, 0.717) is 29.8 Å². The van der Waals surface area contributed by atoms with Crippen molar-refractivity contribution in [3.05, 3.63) is 66.1 Å². The maximum Gasteiger partial charge on any atom is 0.253 e. The van der Waals surface area contributed by atoms with E-state index in [1.54, 1.807) is 59.4 Å². The van der Waals surface area contributed by atoms with Crippen LogP contribution in [0.1, 0.15) is 28.8 Å². The lowest BCUT2D eigenvalue weighted by atomic mass is 10.2. The highest BCUT2D eigenvalue weighted by atomic mass is 32.2. The van der Waals surface area contributed by atoms with Gasteiger partial charge >= 0.3 is 0 Å². The number of hydrogen-bond donors (Lipinski definition) is 2. The van der Waals surface area contributed by atoms with Crippen molar-refractivity contribution in [2.45, 2.75) is 29.5 Å². The van der Waals surface area contributed by atoms with Gasteiger partial charge < -0.3 is 15.0 Å². The number of amides is 1. The number of benzene rings is 1. The van der Waals surface area contributed by atoms with E-state index in [1.165, 1.54) is 0 Å². The quantitative estimate of drug-likeness (QED) is 0.684. The van der Waals surface area contributed by atoms with Crippen molar-refractivity contribution in [1.82, 2.24) is 20.0 Å². The smallest absolute Gasteiger partial charge is 0.253 e. The molecule has 1 amide bonds. The Morgan fingerprint density at radius 1 is 1.14 bits per heavy atom. The molecule has 28 heavy (non-hydrogen) atoms. The first kappa shape index (κ1) is 18.6. The lowest BCUT2D eigenvalue weighted by Gasteiger charge is -2.22. The van der Waals surface area contributed by atoms with E-state index in [9.17, 15) is 13.2 Å². The van der Waals surface area contributed by atoms with Gasteiger partial charge in [-0.3, -0.25) is 4.79 Å². The van der Waals surface area contributed by atoms with Crippen LogP contribution < -0.4 is 10.6 Å². The van der Waals surface area contributed by atoms with Crippen molar-refractivity contribution in [3.63, 3.8) is 0 Å². The average Bonchev–Trinajstić information content (AvgIpc) is 3.21. The number of fused-ring (bicyclic) bond motifs is 1. The van der Waals surface area contributed by atoms with Gasteiger partial charge in [-0.2, -0.15) is 0 Å². The summed E-state index contributed by atoms with van der Waals surface area (Å²) in [6.07, 6.45) is 6.47. The standard InChI is InChI=1S/C20H22N4O3S/c25-20(16-3-6-19-22-11-12-24(19)14-16)23-13-15-1-4-17(5-2-15)28(26,27)18-7-9-21-10-8-18/h1-6,11-12,14,18,21H,7-10,13H2,(H,23,25). The van der Waals surface area contributed by atoms with Crippen LogP contribution in [0.3, 0.4) is 0 Å². The lowest BCUT2D eigenvalue weighted by Crippen LogP contribution is -2.35. The number of nitrogens with zero attached hydrogens (tertiary/aromatic N) is 2. The Hall–Kier alpha value is -2.71. The number of carbonyl (C=O) groups excluding carboxylic acids is 1. The summed E-state index contributed by atoms with van der Waals surface area (Å²) in [5.41, 5.74) is 2.17. The topological polar surface area (TPSA) is 92.6 Å². The van der Waals surface area contributed by atoms with Crippen LogP contribution in [0.2, 0.25) is 0 Å². The molecule has 0 unspecified atom stereocenters. The predicted molar refractivity (Wildman–Crippen MR) is 106 cm³/mol. The summed E-state index contributed by atoms with van der Waals surface area (Å²) in [5, 5.41) is 5.73. The number of hydrogen-bond acceptors (Lipinski definition) is 5. The highest BCUT2D eigenvalue weighted by Gasteiger charge is 2.28. The molecular weight excluding hydrogens is 376 g/mol. The van der Waals surface area contributed by atoms with Crippen molar-refractivity contribution in [1.29, 1.82) is 0 Å². The molecule has 0 spiro atoms. The summed E-state index contributed by atoms with van der Waals surface area (Å²) >= 11 is 0. The van der Waals surface area contributed by atoms with Crippen LogP contribution in [0.5, 0.6) is 0 Å². The van der Waals surface area contributed by atoms with Crippen molar-refractivity contribution in [2.24, 2.45) is 0 Å². The molecule has 1 aliphatic heterocycles. The Labute approximate surface area is 163 Å². The molecular formula is C20H22N4O3S. The minimum absolute atomic E-state index is 0.193. The van der Waals surface area contributed by atoms with Gasteiger partial charge in [-0.15, -0.1) is 0 Å². The first-order valence-corrected chi connectivity index (χ1v) is 10.8. The predicted octanol–water partition coefficient (Wildman–Crippen LogP) is 1.79. The van der Waals surface area contributed by atoms with Crippen molar-refractivity contribution >= 4 is 21.4 Å². The Morgan fingerprint density at radius 2 is 1.89 bits per heavy atom. The maximum absolute atomic E-state index is 12.7. The molecule has 3 heterocycles. The number of nitrogens with one attached hydrogen (secondary N) is 2. The molecule has 3 aromatic rings. The van der Waals surface area contributed by atoms with Crippen LogP contribution in [0.15, 0.2) is 59.9 Å². The fraction of sp³-hybridized carbons (Fsp3) is 0.300. The van der Waals surface area contributed by atoms with E-state index in [-0.39, 0.29) is 11.2 Å². The van der Waals surface area contributed by atoms with E-state index in [4.69, 9.17) is 0 Å². The summed E-state index contributed by atoms with van der Waals surface area (Å²) < 4.78 is 27.2. The van der Waals surface area contributed by atoms with E-state index in [0.717, 1.165) is 24.3 Å². The van der Waals surface area contributed by atoms with Gasteiger partial charge in [0.2, 0.25) is 0 Å². The first-order chi connectivity index (χ1) is 13.5. The zero-order chi connectivity index (χ0) is 19.6. The molecule has 1 aromatic carbocycles. The Bertz CT molecular complexity index is 1080. The number of carbonyl (C=O) groups is 1. The molecule has 1 aliphatic rings. The van der Waals surface area contributed by atoms with Gasteiger partial charge in [0.05, 0.1) is 15.7 Å². The molecule has 1 saturated heterocycles. The van der Waals surface area contributed by atoms with Crippen molar-refractivity contribution in [2.75, 3.05) is 13.1 Å². The number of pyridine rings is 1. The summed E-state index contributed by atoms with van der Waals surface area (Å²) in [7, 11) is -3.30. The number of aromatic nitrogens is 2. The third-order valence-electron chi connectivity index (χ3n) is 5.08. The van der Waals surface area contributed by atoms with Crippen LogP contribution in [0.4, 0.5) is 0 Å². The molecule has 4 rings (SSSR count). The fourth-order valence-corrected chi connectivity index (χ4v) is 5.19. The van der Waals surface area contributed by atoms with Crippen molar-refractivity contribution in [3.8, 4) is 0 Å². The van der Waals surface area contributed by atoms with E-state index < -0.39 is 9.84 Å². The molecule has 2 aromatic heterocycles. The monoisotopic (exact) mass is 398 g/mol. The fourth-order valence-electron chi connectivity index (χ4n) is 3.43. The Balaban J connectivity index is 1.40. The summed E-state index contributed by atoms with van der Waals surface area (Å²) in [5.74, 6) is -0.193. The zero-order valence-corrected chi connectivity index (χ0v) is 16.2.